The molecule has 1 saturated carbocycles. The summed E-state index contributed by atoms with van der Waals surface area (Å²) in [6, 6.07) is -0.439. The Morgan fingerprint density at radius 3 is 2.62 bits per heavy atom. The van der Waals surface area contributed by atoms with Gasteiger partial charge in [0, 0.05) is 0 Å². The first-order valence-electron chi connectivity index (χ1n) is 5.11. The van der Waals surface area contributed by atoms with Crippen molar-refractivity contribution in [3.63, 3.8) is 0 Å². The van der Waals surface area contributed by atoms with E-state index in [4.69, 9.17) is 10.5 Å². The minimum absolute atomic E-state index is 0.155. The standard InChI is InChI=1S/C10H19NO2/c1-3-7(2)9(11)10(12)13-8-5-4-6-8/h7-9H,3-6,11H2,1-2H3/t7?,9-/m0/s1. The Morgan fingerprint density at radius 1 is 1.62 bits per heavy atom. The van der Waals surface area contributed by atoms with Gasteiger partial charge in [-0.3, -0.25) is 4.79 Å². The van der Waals surface area contributed by atoms with Crippen molar-refractivity contribution >= 4 is 5.97 Å². The number of nitrogens with two attached hydrogens (primary N) is 1. The summed E-state index contributed by atoms with van der Waals surface area (Å²) in [5.41, 5.74) is 5.72. The SMILES string of the molecule is CCC(C)[C@H](N)C(=O)OC1CCC1. The fraction of sp³-hybridized carbons (Fsp3) is 0.900. The van der Waals surface area contributed by atoms with E-state index in [1.54, 1.807) is 0 Å². The third-order valence-corrected chi connectivity index (χ3v) is 2.86. The second-order valence-corrected chi connectivity index (χ2v) is 3.90. The fourth-order valence-corrected chi connectivity index (χ4v) is 1.22. The molecule has 0 aromatic heterocycles. The number of hydrogen-bond donors (Lipinski definition) is 1. The highest BCUT2D eigenvalue weighted by atomic mass is 16.5. The lowest BCUT2D eigenvalue weighted by molar-refractivity contribution is -0.155. The maximum Gasteiger partial charge on any atom is 0.323 e. The van der Waals surface area contributed by atoms with Crippen LogP contribution < -0.4 is 5.73 Å². The molecule has 0 heterocycles. The molecule has 0 bridgehead atoms. The first-order chi connectivity index (χ1) is 6.15. The van der Waals surface area contributed by atoms with E-state index >= 15 is 0 Å². The van der Waals surface area contributed by atoms with E-state index in [1.807, 2.05) is 13.8 Å². The lowest BCUT2D eigenvalue weighted by Crippen LogP contribution is -2.41. The largest absolute Gasteiger partial charge is 0.461 e. The normalized spacial score (nSPS) is 21.8. The van der Waals surface area contributed by atoms with E-state index in [2.05, 4.69) is 0 Å². The molecular formula is C10H19NO2. The van der Waals surface area contributed by atoms with Gasteiger partial charge in [-0.2, -0.15) is 0 Å². The Balaban J connectivity index is 2.28. The Morgan fingerprint density at radius 2 is 2.23 bits per heavy atom. The summed E-state index contributed by atoms with van der Waals surface area (Å²) in [5, 5.41) is 0. The van der Waals surface area contributed by atoms with Crippen LogP contribution in [0.2, 0.25) is 0 Å². The van der Waals surface area contributed by atoms with E-state index < -0.39 is 6.04 Å². The van der Waals surface area contributed by atoms with Crippen LogP contribution in [0.15, 0.2) is 0 Å². The average Bonchev–Trinajstić information content (AvgIpc) is 2.08. The van der Waals surface area contributed by atoms with Crippen molar-refractivity contribution in [3.05, 3.63) is 0 Å². The highest BCUT2D eigenvalue weighted by molar-refractivity contribution is 5.76. The van der Waals surface area contributed by atoms with Crippen LogP contribution in [0.1, 0.15) is 39.5 Å². The van der Waals surface area contributed by atoms with E-state index in [0.29, 0.717) is 0 Å². The van der Waals surface area contributed by atoms with Crippen molar-refractivity contribution < 1.29 is 9.53 Å². The predicted molar refractivity (Wildman–Crippen MR) is 51.2 cm³/mol. The molecule has 76 valence electrons. The zero-order valence-corrected chi connectivity index (χ0v) is 8.45. The van der Waals surface area contributed by atoms with Crippen LogP contribution in [0.3, 0.4) is 0 Å². The lowest BCUT2D eigenvalue weighted by atomic mass is 9.95. The summed E-state index contributed by atoms with van der Waals surface area (Å²) in [5.74, 6) is -0.00775. The van der Waals surface area contributed by atoms with Crippen LogP contribution >= 0.6 is 0 Å². The molecular weight excluding hydrogens is 166 g/mol. The molecule has 0 radical (unpaired) electrons. The number of carbonyl (C=O) groups excluding carboxylic acids is 1. The van der Waals surface area contributed by atoms with E-state index in [1.165, 1.54) is 6.42 Å². The first-order valence-corrected chi connectivity index (χ1v) is 5.11. The molecule has 0 saturated heterocycles. The van der Waals surface area contributed by atoms with Crippen LogP contribution in [0.25, 0.3) is 0 Å². The van der Waals surface area contributed by atoms with Crippen molar-refractivity contribution in [2.45, 2.75) is 51.7 Å². The minimum Gasteiger partial charge on any atom is -0.461 e. The van der Waals surface area contributed by atoms with Gasteiger partial charge in [-0.05, 0) is 25.2 Å². The van der Waals surface area contributed by atoms with Gasteiger partial charge in [-0.15, -0.1) is 0 Å². The second kappa shape index (κ2) is 4.61. The molecule has 0 aliphatic heterocycles. The molecule has 1 rings (SSSR count). The number of esters is 1. The van der Waals surface area contributed by atoms with Gasteiger partial charge in [0.2, 0.25) is 0 Å². The van der Waals surface area contributed by atoms with Crippen LogP contribution in [-0.4, -0.2) is 18.1 Å². The first kappa shape index (κ1) is 10.5. The Kier molecular flexibility index (Phi) is 3.72. The van der Waals surface area contributed by atoms with Crippen molar-refractivity contribution in [2.24, 2.45) is 11.7 Å². The molecule has 0 aromatic carbocycles. The van der Waals surface area contributed by atoms with E-state index in [9.17, 15) is 4.79 Å². The smallest absolute Gasteiger partial charge is 0.323 e. The van der Waals surface area contributed by atoms with Crippen LogP contribution in [-0.2, 0) is 9.53 Å². The quantitative estimate of drug-likeness (QED) is 0.674. The Labute approximate surface area is 79.6 Å². The average molecular weight is 185 g/mol. The molecule has 0 aromatic rings. The van der Waals surface area contributed by atoms with Crippen molar-refractivity contribution in [2.75, 3.05) is 0 Å². The van der Waals surface area contributed by atoms with Gasteiger partial charge in [0.15, 0.2) is 0 Å². The van der Waals surface area contributed by atoms with Gasteiger partial charge in [-0.1, -0.05) is 20.3 Å². The minimum atomic E-state index is -0.439. The van der Waals surface area contributed by atoms with Crippen molar-refractivity contribution in [3.8, 4) is 0 Å². The van der Waals surface area contributed by atoms with Gasteiger partial charge in [-0.25, -0.2) is 0 Å². The van der Waals surface area contributed by atoms with Gasteiger partial charge in [0.25, 0.3) is 0 Å². The molecule has 0 amide bonds. The summed E-state index contributed by atoms with van der Waals surface area (Å²) >= 11 is 0. The molecule has 2 N–H and O–H groups in total. The molecule has 1 unspecified atom stereocenters. The third kappa shape index (κ3) is 2.69. The molecule has 1 fully saturated rings. The topological polar surface area (TPSA) is 52.3 Å². The number of hydrogen-bond acceptors (Lipinski definition) is 3. The van der Waals surface area contributed by atoms with Crippen molar-refractivity contribution in [1.29, 1.82) is 0 Å². The summed E-state index contributed by atoms with van der Waals surface area (Å²) in [7, 11) is 0. The predicted octanol–water partition coefficient (Wildman–Crippen LogP) is 1.46. The summed E-state index contributed by atoms with van der Waals surface area (Å²) in [4.78, 5) is 11.4. The summed E-state index contributed by atoms with van der Waals surface area (Å²) < 4.78 is 5.21. The lowest BCUT2D eigenvalue weighted by Gasteiger charge is -2.27. The highest BCUT2D eigenvalue weighted by Gasteiger charge is 2.27. The molecule has 0 spiro atoms. The number of ether oxygens (including phenoxy) is 1. The second-order valence-electron chi connectivity index (χ2n) is 3.90. The van der Waals surface area contributed by atoms with E-state index in [0.717, 1.165) is 19.3 Å². The third-order valence-electron chi connectivity index (χ3n) is 2.86. The van der Waals surface area contributed by atoms with Gasteiger partial charge >= 0.3 is 5.97 Å². The Bertz CT molecular complexity index is 178. The van der Waals surface area contributed by atoms with Crippen LogP contribution in [0.4, 0.5) is 0 Å². The molecule has 1 aliphatic rings. The molecule has 3 heteroatoms. The monoisotopic (exact) mass is 185 g/mol. The maximum absolute atomic E-state index is 11.4. The molecule has 1 aliphatic carbocycles. The summed E-state index contributed by atoms with van der Waals surface area (Å²) in [6.45, 7) is 4.01. The van der Waals surface area contributed by atoms with Crippen molar-refractivity contribution in [1.82, 2.24) is 0 Å². The summed E-state index contributed by atoms with van der Waals surface area (Å²) in [6.07, 6.45) is 4.28. The maximum atomic E-state index is 11.4. The number of carbonyl (C=O) groups is 1. The van der Waals surface area contributed by atoms with Crippen LogP contribution in [0, 0.1) is 5.92 Å². The zero-order valence-electron chi connectivity index (χ0n) is 8.45. The number of rotatable bonds is 4. The van der Waals surface area contributed by atoms with Gasteiger partial charge in [0.1, 0.15) is 12.1 Å². The van der Waals surface area contributed by atoms with Gasteiger partial charge < -0.3 is 10.5 Å². The zero-order chi connectivity index (χ0) is 9.84. The molecule has 2 atom stereocenters. The highest BCUT2D eigenvalue weighted by Crippen LogP contribution is 2.22. The van der Waals surface area contributed by atoms with Crippen LogP contribution in [0.5, 0.6) is 0 Å². The van der Waals surface area contributed by atoms with Gasteiger partial charge in [0.05, 0.1) is 0 Å². The Hall–Kier alpha value is -0.570. The molecule has 13 heavy (non-hydrogen) atoms. The fourth-order valence-electron chi connectivity index (χ4n) is 1.22. The van der Waals surface area contributed by atoms with E-state index in [-0.39, 0.29) is 18.0 Å². The molecule has 3 nitrogen and oxygen atoms in total.